The zero-order chi connectivity index (χ0) is 9.26. The van der Waals surface area contributed by atoms with E-state index in [-0.39, 0.29) is 0 Å². The summed E-state index contributed by atoms with van der Waals surface area (Å²) in [6, 6.07) is 3.80. The van der Waals surface area contributed by atoms with Crippen LogP contribution in [0.1, 0.15) is 16.7 Å². The van der Waals surface area contributed by atoms with Gasteiger partial charge in [-0.15, -0.1) is 16.4 Å². The largest absolute Gasteiger partial charge is 0.381 e. The van der Waals surface area contributed by atoms with E-state index >= 15 is 0 Å². The lowest BCUT2D eigenvalue weighted by Crippen LogP contribution is -2.04. The highest BCUT2D eigenvalue weighted by Gasteiger charge is 2.14. The van der Waals surface area contributed by atoms with Crippen LogP contribution < -0.4 is 0 Å². The number of rotatable bonds is 2. The van der Waals surface area contributed by atoms with Gasteiger partial charge in [-0.2, -0.15) is 0 Å². The van der Waals surface area contributed by atoms with Crippen LogP contribution >= 0.6 is 11.3 Å². The summed E-state index contributed by atoms with van der Waals surface area (Å²) in [5, 5.41) is 19.3. The predicted molar refractivity (Wildman–Crippen MR) is 49.4 cm³/mol. The first kappa shape index (κ1) is 8.40. The van der Waals surface area contributed by atoms with Crippen LogP contribution in [-0.2, 0) is 7.05 Å². The molecular weight excluding hydrogens is 186 g/mol. The SMILES string of the molecule is Cn1nncc1C(O)c1cccs1. The minimum atomic E-state index is -0.611. The molecule has 0 aliphatic rings. The highest BCUT2D eigenvalue weighted by Crippen LogP contribution is 2.24. The smallest absolute Gasteiger partial charge is 0.131 e. The molecule has 2 heterocycles. The molecule has 68 valence electrons. The van der Waals surface area contributed by atoms with Crippen LogP contribution in [0, 0.1) is 0 Å². The van der Waals surface area contributed by atoms with Crippen LogP contribution in [0.4, 0.5) is 0 Å². The second-order valence-electron chi connectivity index (χ2n) is 2.70. The summed E-state index contributed by atoms with van der Waals surface area (Å²) < 4.78 is 1.57. The van der Waals surface area contributed by atoms with Crippen molar-refractivity contribution in [1.29, 1.82) is 0 Å². The molecule has 2 rings (SSSR count). The lowest BCUT2D eigenvalue weighted by molar-refractivity contribution is 0.213. The number of hydrogen-bond acceptors (Lipinski definition) is 4. The van der Waals surface area contributed by atoms with E-state index < -0.39 is 6.10 Å². The Morgan fingerprint density at radius 2 is 2.46 bits per heavy atom. The van der Waals surface area contributed by atoms with Gasteiger partial charge >= 0.3 is 0 Å². The first-order valence-corrected chi connectivity index (χ1v) is 4.73. The van der Waals surface area contributed by atoms with Crippen LogP contribution in [0.15, 0.2) is 23.7 Å². The van der Waals surface area contributed by atoms with E-state index in [2.05, 4.69) is 10.3 Å². The van der Waals surface area contributed by atoms with Crippen molar-refractivity contribution < 1.29 is 5.11 Å². The summed E-state index contributed by atoms with van der Waals surface area (Å²) in [6.07, 6.45) is 0.963. The topological polar surface area (TPSA) is 50.9 Å². The molecule has 2 aromatic rings. The molecule has 0 amide bonds. The van der Waals surface area contributed by atoms with Crippen LogP contribution in [0.5, 0.6) is 0 Å². The normalized spacial score (nSPS) is 13.1. The standard InChI is InChI=1S/C8H9N3OS/c1-11-6(5-9-10-11)8(12)7-3-2-4-13-7/h2-5,8,12H,1H3. The van der Waals surface area contributed by atoms with Gasteiger partial charge in [-0.05, 0) is 11.4 Å². The highest BCUT2D eigenvalue weighted by molar-refractivity contribution is 7.10. The molecule has 2 aromatic heterocycles. The second kappa shape index (κ2) is 3.27. The Labute approximate surface area is 79.4 Å². The quantitative estimate of drug-likeness (QED) is 0.776. The fourth-order valence-electron chi connectivity index (χ4n) is 1.14. The van der Waals surface area contributed by atoms with E-state index in [1.807, 2.05) is 17.5 Å². The van der Waals surface area contributed by atoms with E-state index in [1.54, 1.807) is 17.9 Å². The molecule has 4 nitrogen and oxygen atoms in total. The maximum Gasteiger partial charge on any atom is 0.131 e. The number of aryl methyl sites for hydroxylation is 1. The Morgan fingerprint density at radius 1 is 1.62 bits per heavy atom. The first-order valence-electron chi connectivity index (χ1n) is 3.85. The highest BCUT2D eigenvalue weighted by atomic mass is 32.1. The molecule has 1 atom stereocenters. The number of hydrogen-bond donors (Lipinski definition) is 1. The molecule has 0 bridgehead atoms. The Bertz CT molecular complexity index is 382. The summed E-state index contributed by atoms with van der Waals surface area (Å²) in [6.45, 7) is 0. The Morgan fingerprint density at radius 3 is 3.00 bits per heavy atom. The fraction of sp³-hybridized carbons (Fsp3) is 0.250. The number of aliphatic hydroxyl groups excluding tert-OH is 1. The third-order valence-corrected chi connectivity index (χ3v) is 2.77. The molecule has 13 heavy (non-hydrogen) atoms. The number of thiophene rings is 1. The molecule has 0 saturated heterocycles. The maximum absolute atomic E-state index is 9.86. The van der Waals surface area contributed by atoms with Gasteiger partial charge in [0.15, 0.2) is 0 Å². The lowest BCUT2D eigenvalue weighted by Gasteiger charge is -2.06. The Kier molecular flexibility index (Phi) is 2.12. The Balaban J connectivity index is 2.33. The van der Waals surface area contributed by atoms with Crippen LogP contribution in [0.2, 0.25) is 0 Å². The van der Waals surface area contributed by atoms with Crippen LogP contribution in [0.25, 0.3) is 0 Å². The van der Waals surface area contributed by atoms with E-state index in [0.717, 1.165) is 4.88 Å². The van der Waals surface area contributed by atoms with Gasteiger partial charge in [0.2, 0.25) is 0 Å². The first-order chi connectivity index (χ1) is 6.29. The summed E-state index contributed by atoms with van der Waals surface area (Å²) in [4.78, 5) is 0.908. The van der Waals surface area contributed by atoms with Crippen molar-refractivity contribution in [2.45, 2.75) is 6.10 Å². The van der Waals surface area contributed by atoms with Crippen molar-refractivity contribution in [3.8, 4) is 0 Å². The minimum Gasteiger partial charge on any atom is -0.381 e. The van der Waals surface area contributed by atoms with Gasteiger partial charge in [0, 0.05) is 11.9 Å². The van der Waals surface area contributed by atoms with E-state index in [1.165, 1.54) is 11.3 Å². The summed E-state index contributed by atoms with van der Waals surface area (Å²) in [7, 11) is 1.76. The van der Waals surface area contributed by atoms with Crippen molar-refractivity contribution in [1.82, 2.24) is 15.0 Å². The minimum absolute atomic E-state index is 0.611. The predicted octanol–water partition coefficient (Wildman–Crippen LogP) is 0.958. The van der Waals surface area contributed by atoms with Gasteiger partial charge in [-0.3, -0.25) is 0 Å². The molecule has 1 unspecified atom stereocenters. The van der Waals surface area contributed by atoms with Gasteiger partial charge in [0.1, 0.15) is 6.10 Å². The molecule has 0 aliphatic heterocycles. The van der Waals surface area contributed by atoms with Gasteiger partial charge in [-0.1, -0.05) is 11.3 Å². The van der Waals surface area contributed by atoms with Crippen molar-refractivity contribution in [3.63, 3.8) is 0 Å². The maximum atomic E-state index is 9.86. The van der Waals surface area contributed by atoms with Crippen molar-refractivity contribution in [2.24, 2.45) is 7.05 Å². The van der Waals surface area contributed by atoms with E-state index in [9.17, 15) is 5.11 Å². The molecule has 0 radical (unpaired) electrons. The molecule has 0 aromatic carbocycles. The van der Waals surface area contributed by atoms with E-state index in [4.69, 9.17) is 0 Å². The van der Waals surface area contributed by atoms with Crippen molar-refractivity contribution >= 4 is 11.3 Å². The second-order valence-corrected chi connectivity index (χ2v) is 3.68. The van der Waals surface area contributed by atoms with E-state index in [0.29, 0.717) is 5.69 Å². The van der Waals surface area contributed by atoms with Crippen LogP contribution in [-0.4, -0.2) is 20.1 Å². The third-order valence-electron chi connectivity index (χ3n) is 1.84. The summed E-state index contributed by atoms with van der Waals surface area (Å²) >= 11 is 1.52. The van der Waals surface area contributed by atoms with Crippen LogP contribution in [0.3, 0.4) is 0 Å². The lowest BCUT2D eigenvalue weighted by atomic mass is 10.2. The summed E-state index contributed by atoms with van der Waals surface area (Å²) in [5.74, 6) is 0. The zero-order valence-corrected chi connectivity index (χ0v) is 7.90. The molecular formula is C8H9N3OS. The molecule has 5 heteroatoms. The number of aliphatic hydroxyl groups is 1. The number of nitrogens with zero attached hydrogens (tertiary/aromatic N) is 3. The summed E-state index contributed by atoms with van der Waals surface area (Å²) in [5.41, 5.74) is 0.711. The fourth-order valence-corrected chi connectivity index (χ4v) is 1.86. The Hall–Kier alpha value is -1.20. The zero-order valence-electron chi connectivity index (χ0n) is 7.08. The average Bonchev–Trinajstić information content (AvgIpc) is 2.72. The monoisotopic (exact) mass is 195 g/mol. The molecule has 0 fully saturated rings. The number of aromatic nitrogens is 3. The van der Waals surface area contributed by atoms with Crippen molar-refractivity contribution in [2.75, 3.05) is 0 Å². The average molecular weight is 195 g/mol. The molecule has 0 spiro atoms. The van der Waals surface area contributed by atoms with Gasteiger partial charge < -0.3 is 5.11 Å². The van der Waals surface area contributed by atoms with Gasteiger partial charge in [0.25, 0.3) is 0 Å². The van der Waals surface area contributed by atoms with Crippen molar-refractivity contribution in [3.05, 3.63) is 34.3 Å². The molecule has 1 N–H and O–H groups in total. The van der Waals surface area contributed by atoms with Gasteiger partial charge in [-0.25, -0.2) is 4.68 Å². The third kappa shape index (κ3) is 1.48. The molecule has 0 aliphatic carbocycles. The van der Waals surface area contributed by atoms with Gasteiger partial charge in [0.05, 0.1) is 11.9 Å². The molecule has 0 saturated carbocycles.